The molecule has 0 radical (unpaired) electrons. The average Bonchev–Trinajstić information content (AvgIpc) is 2.65. The highest BCUT2D eigenvalue weighted by atomic mass is 16.5. The molecule has 0 saturated heterocycles. The highest BCUT2D eigenvalue weighted by Crippen LogP contribution is 2.27. The minimum atomic E-state index is -1.14. The van der Waals surface area contributed by atoms with Gasteiger partial charge in [0.2, 0.25) is 0 Å². The van der Waals surface area contributed by atoms with Crippen LogP contribution in [0.5, 0.6) is 11.5 Å². The zero-order valence-electron chi connectivity index (χ0n) is 14.7. The fraction of sp³-hybridized carbons (Fsp3) is 0.316. The van der Waals surface area contributed by atoms with Crippen LogP contribution in [0.15, 0.2) is 48.5 Å². The van der Waals surface area contributed by atoms with Crippen molar-refractivity contribution in [3.8, 4) is 11.5 Å². The van der Waals surface area contributed by atoms with Crippen molar-refractivity contribution in [3.05, 3.63) is 59.7 Å². The van der Waals surface area contributed by atoms with Crippen LogP contribution >= 0.6 is 0 Å². The molecule has 134 valence electrons. The molecule has 2 aromatic carbocycles. The first-order valence-corrected chi connectivity index (χ1v) is 7.97. The molecule has 0 unspecified atom stereocenters. The van der Waals surface area contributed by atoms with Gasteiger partial charge in [-0.2, -0.15) is 0 Å². The van der Waals surface area contributed by atoms with Gasteiger partial charge in [-0.1, -0.05) is 36.4 Å². The number of hydrogen-bond donors (Lipinski definition) is 3. The Kier molecular flexibility index (Phi) is 6.25. The third-order valence-electron chi connectivity index (χ3n) is 3.89. The number of urea groups is 1. The van der Waals surface area contributed by atoms with E-state index in [1.807, 2.05) is 36.4 Å². The van der Waals surface area contributed by atoms with E-state index in [1.54, 1.807) is 33.3 Å². The molecular weight excluding hydrogens is 320 g/mol. The number of benzene rings is 2. The van der Waals surface area contributed by atoms with Gasteiger partial charge in [-0.05, 0) is 30.2 Å². The lowest BCUT2D eigenvalue weighted by molar-refractivity contribution is 0.0594. The summed E-state index contributed by atoms with van der Waals surface area (Å²) in [6.07, 6.45) is 0. The summed E-state index contributed by atoms with van der Waals surface area (Å²) in [6, 6.07) is 14.3. The molecule has 0 aliphatic heterocycles. The second-order valence-electron chi connectivity index (χ2n) is 5.87. The van der Waals surface area contributed by atoms with Gasteiger partial charge in [0.05, 0.1) is 20.8 Å². The van der Waals surface area contributed by atoms with Crippen LogP contribution in [0.1, 0.15) is 18.1 Å². The van der Waals surface area contributed by atoms with Crippen molar-refractivity contribution in [2.24, 2.45) is 0 Å². The summed E-state index contributed by atoms with van der Waals surface area (Å²) < 4.78 is 10.4. The Morgan fingerprint density at radius 3 is 2.36 bits per heavy atom. The molecule has 0 saturated carbocycles. The normalized spacial score (nSPS) is 12.8. The SMILES string of the molecule is COc1ccc(CNC(=O)NC[C@](C)(O)c2ccccc2)cc1OC. The Morgan fingerprint density at radius 2 is 1.72 bits per heavy atom. The molecule has 25 heavy (non-hydrogen) atoms. The number of aliphatic hydroxyl groups is 1. The van der Waals surface area contributed by atoms with Crippen LogP contribution in [-0.2, 0) is 12.1 Å². The van der Waals surface area contributed by atoms with Crippen molar-refractivity contribution in [3.63, 3.8) is 0 Å². The summed E-state index contributed by atoms with van der Waals surface area (Å²) in [6.45, 7) is 2.10. The third kappa shape index (κ3) is 5.12. The monoisotopic (exact) mass is 344 g/mol. The largest absolute Gasteiger partial charge is 0.493 e. The summed E-state index contributed by atoms with van der Waals surface area (Å²) in [5, 5.41) is 15.9. The smallest absolute Gasteiger partial charge is 0.315 e. The van der Waals surface area contributed by atoms with E-state index in [2.05, 4.69) is 10.6 Å². The zero-order chi connectivity index (χ0) is 18.3. The number of amides is 2. The van der Waals surface area contributed by atoms with Crippen LogP contribution in [0, 0.1) is 0 Å². The van der Waals surface area contributed by atoms with Crippen LogP contribution < -0.4 is 20.1 Å². The summed E-state index contributed by atoms with van der Waals surface area (Å²) in [7, 11) is 3.13. The molecule has 1 atom stereocenters. The number of methoxy groups -OCH3 is 2. The Morgan fingerprint density at radius 1 is 1.04 bits per heavy atom. The van der Waals surface area contributed by atoms with Crippen LogP contribution in [-0.4, -0.2) is 31.9 Å². The molecule has 0 heterocycles. The van der Waals surface area contributed by atoms with Crippen LogP contribution in [0.25, 0.3) is 0 Å². The van der Waals surface area contributed by atoms with E-state index in [4.69, 9.17) is 9.47 Å². The van der Waals surface area contributed by atoms with Gasteiger partial charge in [-0.25, -0.2) is 4.79 Å². The van der Waals surface area contributed by atoms with Crippen molar-refractivity contribution in [1.29, 1.82) is 0 Å². The summed E-state index contributed by atoms with van der Waals surface area (Å²) >= 11 is 0. The van der Waals surface area contributed by atoms with Gasteiger partial charge in [0.15, 0.2) is 11.5 Å². The molecular formula is C19H24N2O4. The van der Waals surface area contributed by atoms with Gasteiger partial charge in [0.25, 0.3) is 0 Å². The maximum atomic E-state index is 12.0. The molecule has 2 rings (SSSR count). The van der Waals surface area contributed by atoms with Crippen molar-refractivity contribution in [2.45, 2.75) is 19.1 Å². The molecule has 2 amide bonds. The maximum Gasteiger partial charge on any atom is 0.315 e. The van der Waals surface area contributed by atoms with Crippen LogP contribution in [0.3, 0.4) is 0 Å². The number of rotatable bonds is 7. The second-order valence-corrected chi connectivity index (χ2v) is 5.87. The zero-order valence-corrected chi connectivity index (χ0v) is 14.7. The van der Waals surface area contributed by atoms with Crippen LogP contribution in [0.2, 0.25) is 0 Å². The molecule has 0 spiro atoms. The molecule has 0 bridgehead atoms. The molecule has 0 aliphatic rings. The first-order chi connectivity index (χ1) is 12.0. The predicted molar refractivity (Wildman–Crippen MR) is 95.8 cm³/mol. The minimum absolute atomic E-state index is 0.106. The number of carbonyl (C=O) groups excluding carboxylic acids is 1. The first-order valence-electron chi connectivity index (χ1n) is 7.97. The van der Waals surface area contributed by atoms with Gasteiger partial charge >= 0.3 is 6.03 Å². The summed E-state index contributed by atoms with van der Waals surface area (Å²) in [5.74, 6) is 1.24. The third-order valence-corrected chi connectivity index (χ3v) is 3.89. The van der Waals surface area contributed by atoms with Crippen LogP contribution in [0.4, 0.5) is 4.79 Å². The average molecular weight is 344 g/mol. The van der Waals surface area contributed by atoms with Crippen molar-refractivity contribution in [1.82, 2.24) is 10.6 Å². The van der Waals surface area contributed by atoms with Gasteiger partial charge in [-0.3, -0.25) is 0 Å². The Hall–Kier alpha value is -2.73. The highest BCUT2D eigenvalue weighted by molar-refractivity contribution is 5.74. The number of carbonyl (C=O) groups is 1. The Labute approximate surface area is 147 Å². The van der Waals surface area contributed by atoms with Crippen molar-refractivity contribution < 1.29 is 19.4 Å². The molecule has 0 aliphatic carbocycles. The summed E-state index contributed by atoms with van der Waals surface area (Å²) in [5.41, 5.74) is 0.486. The topological polar surface area (TPSA) is 79.8 Å². The van der Waals surface area contributed by atoms with E-state index in [0.29, 0.717) is 18.0 Å². The number of ether oxygens (including phenoxy) is 2. The van der Waals surface area contributed by atoms with E-state index in [-0.39, 0.29) is 12.6 Å². The fourth-order valence-corrected chi connectivity index (χ4v) is 2.39. The standard InChI is InChI=1S/C19H24N2O4/c1-19(23,15-7-5-4-6-8-15)13-21-18(22)20-12-14-9-10-16(24-2)17(11-14)25-3/h4-11,23H,12-13H2,1-3H3,(H2,20,21,22)/t19-/m0/s1. The molecule has 6 nitrogen and oxygen atoms in total. The summed E-state index contributed by atoms with van der Waals surface area (Å²) in [4.78, 5) is 12.0. The lowest BCUT2D eigenvalue weighted by atomic mass is 9.96. The number of hydrogen-bond acceptors (Lipinski definition) is 4. The highest BCUT2D eigenvalue weighted by Gasteiger charge is 2.23. The van der Waals surface area contributed by atoms with E-state index in [1.165, 1.54) is 0 Å². The molecule has 0 fully saturated rings. The van der Waals surface area contributed by atoms with Gasteiger partial charge in [-0.15, -0.1) is 0 Å². The quantitative estimate of drug-likeness (QED) is 0.721. The molecule has 3 N–H and O–H groups in total. The minimum Gasteiger partial charge on any atom is -0.493 e. The lowest BCUT2D eigenvalue weighted by Crippen LogP contribution is -2.43. The first kappa shape index (κ1) is 18.6. The predicted octanol–water partition coefficient (Wildman–Crippen LogP) is 2.41. The van der Waals surface area contributed by atoms with Crippen molar-refractivity contribution >= 4 is 6.03 Å². The van der Waals surface area contributed by atoms with E-state index in [9.17, 15) is 9.90 Å². The molecule has 2 aromatic rings. The molecule has 0 aromatic heterocycles. The number of nitrogens with one attached hydrogen (secondary N) is 2. The van der Waals surface area contributed by atoms with Gasteiger partial charge < -0.3 is 25.2 Å². The van der Waals surface area contributed by atoms with Gasteiger partial charge in [0, 0.05) is 6.54 Å². The second kappa shape index (κ2) is 8.39. The van der Waals surface area contributed by atoms with E-state index < -0.39 is 5.60 Å². The maximum absolute atomic E-state index is 12.0. The Balaban J connectivity index is 1.87. The van der Waals surface area contributed by atoms with E-state index >= 15 is 0 Å². The fourth-order valence-electron chi connectivity index (χ4n) is 2.39. The van der Waals surface area contributed by atoms with Gasteiger partial charge in [0.1, 0.15) is 5.60 Å². The Bertz CT molecular complexity index is 702. The van der Waals surface area contributed by atoms with E-state index in [0.717, 1.165) is 11.1 Å². The lowest BCUT2D eigenvalue weighted by Gasteiger charge is -2.24. The van der Waals surface area contributed by atoms with Crippen molar-refractivity contribution in [2.75, 3.05) is 20.8 Å². The molecule has 6 heteroatoms.